The third kappa shape index (κ3) is 1.50. The lowest BCUT2D eigenvalue weighted by atomic mass is 9.83. The molecule has 0 bridgehead atoms. The minimum atomic E-state index is 1.21. The Bertz CT molecular complexity index is 930. The van der Waals surface area contributed by atoms with Gasteiger partial charge in [0.15, 0.2) is 0 Å². The highest BCUT2D eigenvalue weighted by molar-refractivity contribution is 6.10. The van der Waals surface area contributed by atoms with Crippen molar-refractivity contribution in [3.05, 3.63) is 71.8 Å². The number of hydrogen-bond acceptors (Lipinski definition) is 0. The highest BCUT2D eigenvalue weighted by Crippen LogP contribution is 2.39. The van der Waals surface area contributed by atoms with Gasteiger partial charge in [-0.25, -0.2) is 0 Å². The molecule has 4 aromatic carbocycles. The van der Waals surface area contributed by atoms with Gasteiger partial charge in [0.1, 0.15) is 0 Å². The lowest BCUT2D eigenvalue weighted by Crippen LogP contribution is -2.03. The molecule has 0 saturated heterocycles. The molecule has 100 valence electrons. The SMILES string of the molecule is c1ccc2c3c4c(c5ccccc5cc4cc2c1)CCC3. The predicted molar refractivity (Wildman–Crippen MR) is 91.0 cm³/mol. The van der Waals surface area contributed by atoms with Gasteiger partial charge in [-0.05, 0) is 74.8 Å². The summed E-state index contributed by atoms with van der Waals surface area (Å²) >= 11 is 0. The van der Waals surface area contributed by atoms with E-state index in [1.807, 2.05) is 0 Å². The number of fused-ring (bicyclic) bond motifs is 4. The van der Waals surface area contributed by atoms with Crippen LogP contribution >= 0.6 is 0 Å². The molecular formula is C21H16. The van der Waals surface area contributed by atoms with Gasteiger partial charge in [0.2, 0.25) is 0 Å². The van der Waals surface area contributed by atoms with E-state index in [0.717, 1.165) is 0 Å². The number of rotatable bonds is 0. The molecule has 0 radical (unpaired) electrons. The minimum Gasteiger partial charge on any atom is -0.0616 e. The Balaban J connectivity index is 2.10. The second-order valence-electron chi connectivity index (χ2n) is 6.10. The van der Waals surface area contributed by atoms with Gasteiger partial charge in [0.05, 0.1) is 0 Å². The van der Waals surface area contributed by atoms with Crippen LogP contribution in [-0.2, 0) is 12.8 Å². The summed E-state index contributed by atoms with van der Waals surface area (Å²) in [5, 5.41) is 8.59. The molecule has 0 aromatic heterocycles. The van der Waals surface area contributed by atoms with Crippen molar-refractivity contribution in [2.45, 2.75) is 19.3 Å². The van der Waals surface area contributed by atoms with E-state index in [4.69, 9.17) is 0 Å². The molecule has 0 spiro atoms. The van der Waals surface area contributed by atoms with Crippen LogP contribution in [0.4, 0.5) is 0 Å². The van der Waals surface area contributed by atoms with Crippen LogP contribution in [0.25, 0.3) is 32.3 Å². The smallest absolute Gasteiger partial charge is 0.0107 e. The highest BCUT2D eigenvalue weighted by atomic mass is 14.2. The molecule has 0 atom stereocenters. The Kier molecular flexibility index (Phi) is 2.20. The van der Waals surface area contributed by atoms with Crippen molar-refractivity contribution in [1.82, 2.24) is 0 Å². The van der Waals surface area contributed by atoms with Gasteiger partial charge in [0, 0.05) is 0 Å². The van der Waals surface area contributed by atoms with Crippen LogP contribution in [0.2, 0.25) is 0 Å². The average molecular weight is 268 g/mol. The Hall–Kier alpha value is -2.34. The van der Waals surface area contributed by atoms with Crippen molar-refractivity contribution in [1.29, 1.82) is 0 Å². The summed E-state index contributed by atoms with van der Waals surface area (Å²) < 4.78 is 0. The van der Waals surface area contributed by atoms with Crippen LogP contribution in [0, 0.1) is 0 Å². The van der Waals surface area contributed by atoms with Crippen molar-refractivity contribution < 1.29 is 0 Å². The largest absolute Gasteiger partial charge is 0.0616 e. The van der Waals surface area contributed by atoms with E-state index in [0.29, 0.717) is 0 Å². The van der Waals surface area contributed by atoms with Crippen LogP contribution in [0.15, 0.2) is 60.7 Å². The maximum atomic E-state index is 2.37. The fraction of sp³-hybridized carbons (Fsp3) is 0.143. The zero-order chi connectivity index (χ0) is 13.8. The zero-order valence-corrected chi connectivity index (χ0v) is 11.9. The van der Waals surface area contributed by atoms with Gasteiger partial charge in [-0.3, -0.25) is 0 Å². The molecule has 0 fully saturated rings. The fourth-order valence-electron chi connectivity index (χ4n) is 4.08. The first-order valence-corrected chi connectivity index (χ1v) is 7.77. The molecule has 0 unspecified atom stereocenters. The molecule has 0 heteroatoms. The summed E-state index contributed by atoms with van der Waals surface area (Å²) in [4.78, 5) is 0. The molecule has 0 amide bonds. The lowest BCUT2D eigenvalue weighted by molar-refractivity contribution is 0.818. The Morgan fingerprint density at radius 2 is 1.10 bits per heavy atom. The molecule has 0 saturated carbocycles. The second kappa shape index (κ2) is 4.08. The number of hydrogen-bond donors (Lipinski definition) is 0. The summed E-state index contributed by atoms with van der Waals surface area (Å²) in [5.41, 5.74) is 3.13. The van der Waals surface area contributed by atoms with Crippen LogP contribution in [0.3, 0.4) is 0 Å². The van der Waals surface area contributed by atoms with Crippen LogP contribution in [-0.4, -0.2) is 0 Å². The van der Waals surface area contributed by atoms with Crippen LogP contribution in [0.1, 0.15) is 17.5 Å². The van der Waals surface area contributed by atoms with E-state index >= 15 is 0 Å². The van der Waals surface area contributed by atoms with Gasteiger partial charge >= 0.3 is 0 Å². The van der Waals surface area contributed by atoms with Crippen molar-refractivity contribution in [2.24, 2.45) is 0 Å². The normalized spacial score (nSPS) is 14.1. The van der Waals surface area contributed by atoms with Gasteiger partial charge in [-0.2, -0.15) is 0 Å². The Labute approximate surface area is 124 Å². The van der Waals surface area contributed by atoms with Gasteiger partial charge < -0.3 is 0 Å². The van der Waals surface area contributed by atoms with Crippen LogP contribution in [0.5, 0.6) is 0 Å². The minimum absolute atomic E-state index is 1.21. The van der Waals surface area contributed by atoms with Gasteiger partial charge in [0.25, 0.3) is 0 Å². The second-order valence-corrected chi connectivity index (χ2v) is 6.10. The molecule has 0 nitrogen and oxygen atoms in total. The van der Waals surface area contributed by atoms with E-state index in [1.54, 1.807) is 11.1 Å². The maximum absolute atomic E-state index is 2.37. The molecule has 5 rings (SSSR count). The predicted octanol–water partition coefficient (Wildman–Crippen LogP) is 5.63. The number of benzene rings is 4. The van der Waals surface area contributed by atoms with E-state index in [-0.39, 0.29) is 0 Å². The maximum Gasteiger partial charge on any atom is -0.0107 e. The summed E-state index contributed by atoms with van der Waals surface area (Å²) in [7, 11) is 0. The number of aryl methyl sites for hydroxylation is 2. The standard InChI is InChI=1S/C21H16/c1-3-8-17-14(6-1)12-16-13-15-7-2-4-9-18(15)20-11-5-10-19(17)21(16)20/h1-4,6-9,12-13H,5,10-11H2. The molecular weight excluding hydrogens is 252 g/mol. The van der Waals surface area contributed by atoms with Crippen molar-refractivity contribution in [3.63, 3.8) is 0 Å². The third-order valence-electron chi connectivity index (χ3n) is 4.94. The van der Waals surface area contributed by atoms with E-state index in [1.165, 1.54) is 51.6 Å². The van der Waals surface area contributed by atoms with Gasteiger partial charge in [-0.1, -0.05) is 48.5 Å². The van der Waals surface area contributed by atoms with Gasteiger partial charge in [-0.15, -0.1) is 0 Å². The summed E-state index contributed by atoms with van der Waals surface area (Å²) in [6, 6.07) is 22.4. The molecule has 21 heavy (non-hydrogen) atoms. The zero-order valence-electron chi connectivity index (χ0n) is 11.9. The highest BCUT2D eigenvalue weighted by Gasteiger charge is 2.17. The third-order valence-corrected chi connectivity index (χ3v) is 4.94. The van der Waals surface area contributed by atoms with Crippen molar-refractivity contribution in [3.8, 4) is 0 Å². The van der Waals surface area contributed by atoms with Crippen LogP contribution < -0.4 is 0 Å². The summed E-state index contributed by atoms with van der Waals surface area (Å²) in [6.45, 7) is 0. The topological polar surface area (TPSA) is 0 Å². The van der Waals surface area contributed by atoms with Crippen molar-refractivity contribution in [2.75, 3.05) is 0 Å². The van der Waals surface area contributed by atoms with Crippen molar-refractivity contribution >= 4 is 32.3 Å². The Morgan fingerprint density at radius 3 is 1.67 bits per heavy atom. The van der Waals surface area contributed by atoms with E-state index in [2.05, 4.69) is 60.7 Å². The quantitative estimate of drug-likeness (QED) is 0.362. The molecule has 0 aliphatic heterocycles. The first-order chi connectivity index (χ1) is 10.4. The monoisotopic (exact) mass is 268 g/mol. The first-order valence-electron chi connectivity index (χ1n) is 7.77. The molecule has 1 aliphatic carbocycles. The lowest BCUT2D eigenvalue weighted by Gasteiger charge is -2.21. The molecule has 0 N–H and O–H groups in total. The first kappa shape index (κ1) is 11.3. The van der Waals surface area contributed by atoms with E-state index in [9.17, 15) is 0 Å². The fourth-order valence-corrected chi connectivity index (χ4v) is 4.08. The Morgan fingerprint density at radius 1 is 0.571 bits per heavy atom. The molecule has 1 aliphatic rings. The molecule has 0 heterocycles. The average Bonchev–Trinajstić information content (AvgIpc) is 2.55. The summed E-state index contributed by atoms with van der Waals surface area (Å²) in [5.74, 6) is 0. The summed E-state index contributed by atoms with van der Waals surface area (Å²) in [6.07, 6.45) is 3.69. The van der Waals surface area contributed by atoms with E-state index < -0.39 is 0 Å². The molecule has 4 aromatic rings.